The van der Waals surface area contributed by atoms with Crippen LogP contribution in [0.5, 0.6) is 5.75 Å². The Morgan fingerprint density at radius 1 is 1.03 bits per heavy atom. The van der Waals surface area contributed by atoms with Crippen molar-refractivity contribution in [2.24, 2.45) is 5.92 Å². The lowest BCUT2D eigenvalue weighted by atomic mass is 9.78. The molecule has 0 fully saturated rings. The Morgan fingerprint density at radius 3 is 1.97 bits per heavy atom. The number of Topliss-reactive ketones (excluding diaryl/α,β-unsaturated/α-hetero) is 1. The molecule has 6 nitrogen and oxygen atoms in total. The van der Waals surface area contributed by atoms with Crippen LogP contribution in [0.1, 0.15) is 102 Å². The molecule has 3 N–H and O–H groups in total. The molecule has 2 rings (SSSR count). The maximum absolute atomic E-state index is 13.3. The molecule has 0 saturated carbocycles. The topological polar surface area (TPSA) is 91.2 Å². The first kappa shape index (κ1) is 26.9. The minimum Gasteiger partial charge on any atom is -0.507 e. The summed E-state index contributed by atoms with van der Waals surface area (Å²) in [7, 11) is 0. The van der Waals surface area contributed by atoms with E-state index in [1.807, 2.05) is 46.1 Å². The normalized spacial score (nSPS) is 12.5. The number of phenols is 1. The lowest BCUT2D eigenvalue weighted by Crippen LogP contribution is -2.28. The number of phenolic OH excluding ortho intramolecular Hbond substituents is 1. The Kier molecular flexibility index (Phi) is 8.39. The van der Waals surface area contributed by atoms with Crippen LogP contribution in [0, 0.1) is 11.3 Å². The van der Waals surface area contributed by atoms with E-state index in [-0.39, 0.29) is 41.1 Å². The molecule has 2 aromatic rings. The largest absolute Gasteiger partial charge is 0.507 e. The monoisotopic (exact) mass is 457 g/mol. The Labute approximate surface area is 198 Å². The van der Waals surface area contributed by atoms with E-state index in [9.17, 15) is 15.0 Å². The van der Waals surface area contributed by atoms with Gasteiger partial charge in [0.25, 0.3) is 0 Å². The van der Waals surface area contributed by atoms with Crippen LogP contribution >= 0.6 is 0 Å². The number of imidazole rings is 1. The van der Waals surface area contributed by atoms with E-state index >= 15 is 0 Å². The fourth-order valence-corrected chi connectivity index (χ4v) is 4.29. The van der Waals surface area contributed by atoms with Crippen LogP contribution in [0.2, 0.25) is 0 Å². The zero-order chi connectivity index (χ0) is 25.1. The van der Waals surface area contributed by atoms with Gasteiger partial charge in [0.05, 0.1) is 18.8 Å². The first-order chi connectivity index (χ1) is 15.2. The van der Waals surface area contributed by atoms with Crippen LogP contribution in [0.15, 0.2) is 18.3 Å². The average Bonchev–Trinajstić information content (AvgIpc) is 3.01. The molecule has 0 unspecified atom stereocenters. The Bertz CT molecular complexity index is 993. The zero-order valence-corrected chi connectivity index (χ0v) is 21.7. The summed E-state index contributed by atoms with van der Waals surface area (Å²) < 4.78 is 3.42. The van der Waals surface area contributed by atoms with Crippen molar-refractivity contribution < 1.29 is 15.0 Å². The molecule has 0 amide bonds. The Morgan fingerprint density at radius 2 is 1.55 bits per heavy atom. The molecule has 6 heteroatoms. The van der Waals surface area contributed by atoms with Crippen molar-refractivity contribution in [1.29, 1.82) is 5.41 Å². The maximum Gasteiger partial charge on any atom is 0.202 e. The number of hydrogen-bond donors (Lipinski definition) is 3. The van der Waals surface area contributed by atoms with Crippen molar-refractivity contribution in [1.82, 2.24) is 9.13 Å². The lowest BCUT2D eigenvalue weighted by molar-refractivity contribution is 0.0969. The molecule has 0 aliphatic rings. The SMILES string of the molecule is CCC(CC)CCn1c(CO)cn(CC(=O)c2cc(C(C)(C)C)c(O)c(C(C)(C)C)c2)c1=N. The number of carbonyl (C=O) groups is 1. The van der Waals surface area contributed by atoms with Gasteiger partial charge in [-0.05, 0) is 35.3 Å². The van der Waals surface area contributed by atoms with Crippen LogP contribution in [-0.4, -0.2) is 25.1 Å². The minimum absolute atomic E-state index is 0.0156. The van der Waals surface area contributed by atoms with Crippen LogP contribution < -0.4 is 5.62 Å². The zero-order valence-electron chi connectivity index (χ0n) is 21.7. The molecule has 1 aromatic carbocycles. The van der Waals surface area contributed by atoms with Crippen molar-refractivity contribution in [2.75, 3.05) is 0 Å². The molecule has 1 aromatic heterocycles. The number of aliphatic hydroxyl groups is 1. The number of aliphatic hydroxyl groups excluding tert-OH is 1. The predicted octanol–water partition coefficient (Wildman–Crippen LogP) is 5.27. The van der Waals surface area contributed by atoms with Gasteiger partial charge < -0.3 is 19.3 Å². The number of benzene rings is 1. The van der Waals surface area contributed by atoms with Crippen LogP contribution in [0.25, 0.3) is 0 Å². The lowest BCUT2D eigenvalue weighted by Gasteiger charge is -2.28. The van der Waals surface area contributed by atoms with Gasteiger partial charge in [-0.2, -0.15) is 0 Å². The average molecular weight is 458 g/mol. The second-order valence-corrected chi connectivity index (χ2v) is 11.2. The van der Waals surface area contributed by atoms with Gasteiger partial charge in [0.15, 0.2) is 5.78 Å². The minimum atomic E-state index is -0.323. The third kappa shape index (κ3) is 6.17. The number of carbonyl (C=O) groups excluding carboxylic acids is 1. The molecular weight excluding hydrogens is 414 g/mol. The molecule has 0 aliphatic carbocycles. The van der Waals surface area contributed by atoms with Crippen molar-refractivity contribution in [2.45, 2.75) is 105 Å². The highest BCUT2D eigenvalue weighted by molar-refractivity contribution is 5.96. The van der Waals surface area contributed by atoms with Crippen LogP contribution in [-0.2, 0) is 30.5 Å². The van der Waals surface area contributed by atoms with Crippen molar-refractivity contribution in [3.05, 3.63) is 46.3 Å². The van der Waals surface area contributed by atoms with Gasteiger partial charge in [0, 0.05) is 29.4 Å². The summed E-state index contributed by atoms with van der Waals surface area (Å²) in [5.41, 5.74) is 2.25. The summed E-state index contributed by atoms with van der Waals surface area (Å²) in [5, 5.41) is 29.4. The molecule has 0 radical (unpaired) electrons. The van der Waals surface area contributed by atoms with E-state index < -0.39 is 0 Å². The van der Waals surface area contributed by atoms with Gasteiger partial charge in [-0.25, -0.2) is 0 Å². The number of aromatic hydroxyl groups is 1. The van der Waals surface area contributed by atoms with E-state index in [0.29, 0.717) is 23.7 Å². The predicted molar refractivity (Wildman–Crippen MR) is 133 cm³/mol. The first-order valence-corrected chi connectivity index (χ1v) is 12.1. The maximum atomic E-state index is 13.3. The molecule has 0 spiro atoms. The molecule has 0 atom stereocenters. The van der Waals surface area contributed by atoms with Crippen LogP contribution in [0.3, 0.4) is 0 Å². The summed E-state index contributed by atoms with van der Waals surface area (Å²) in [4.78, 5) is 13.3. The Balaban J connectivity index is 2.43. The van der Waals surface area contributed by atoms with Gasteiger partial charge in [-0.15, -0.1) is 0 Å². The second kappa shape index (κ2) is 10.3. The van der Waals surface area contributed by atoms with Gasteiger partial charge in [-0.3, -0.25) is 10.2 Å². The summed E-state index contributed by atoms with van der Waals surface area (Å²) in [6.07, 6.45) is 4.83. The number of nitrogens with one attached hydrogen (secondary N) is 1. The van der Waals surface area contributed by atoms with Gasteiger partial charge >= 0.3 is 0 Å². The fraction of sp³-hybridized carbons (Fsp3) is 0.630. The number of aromatic nitrogens is 2. The summed E-state index contributed by atoms with van der Waals surface area (Å²) in [6.45, 7) is 17.0. The van der Waals surface area contributed by atoms with Crippen molar-refractivity contribution in [3.63, 3.8) is 0 Å². The highest BCUT2D eigenvalue weighted by Gasteiger charge is 2.28. The van der Waals surface area contributed by atoms with E-state index in [2.05, 4.69) is 13.8 Å². The number of hydrogen-bond acceptors (Lipinski definition) is 4. The third-order valence-corrected chi connectivity index (χ3v) is 6.62. The molecule has 0 bridgehead atoms. The molecule has 0 aliphatic heterocycles. The molecule has 0 saturated heterocycles. The van der Waals surface area contributed by atoms with E-state index in [1.165, 1.54) is 0 Å². The quantitative estimate of drug-likeness (QED) is 0.448. The summed E-state index contributed by atoms with van der Waals surface area (Å²) in [6, 6.07) is 3.57. The van der Waals surface area contributed by atoms with Crippen molar-refractivity contribution >= 4 is 5.78 Å². The van der Waals surface area contributed by atoms with Gasteiger partial charge in [-0.1, -0.05) is 68.2 Å². The van der Waals surface area contributed by atoms with Gasteiger partial charge in [0.1, 0.15) is 5.75 Å². The van der Waals surface area contributed by atoms with Crippen LogP contribution in [0.4, 0.5) is 0 Å². The highest BCUT2D eigenvalue weighted by atomic mass is 16.3. The van der Waals surface area contributed by atoms with E-state index in [4.69, 9.17) is 5.41 Å². The second-order valence-electron chi connectivity index (χ2n) is 11.2. The standard InChI is InChI=1S/C27H43N3O3/c1-9-18(10-2)11-12-30-20(17-31)15-29(25(30)28)16-23(32)19-13-21(26(3,4)5)24(33)22(14-19)27(6,7)8/h13-15,18,28,31,33H,9-12,16-17H2,1-8H3. The highest BCUT2D eigenvalue weighted by Crippen LogP contribution is 2.39. The number of nitrogens with zero attached hydrogens (tertiary/aromatic N) is 2. The fourth-order valence-electron chi connectivity index (χ4n) is 4.29. The van der Waals surface area contributed by atoms with E-state index in [0.717, 1.165) is 30.4 Å². The summed E-state index contributed by atoms with van der Waals surface area (Å²) >= 11 is 0. The molecule has 33 heavy (non-hydrogen) atoms. The number of rotatable bonds is 9. The number of ketones is 1. The third-order valence-electron chi connectivity index (χ3n) is 6.62. The molecule has 1 heterocycles. The summed E-state index contributed by atoms with van der Waals surface area (Å²) in [5.74, 6) is 0.707. The smallest absolute Gasteiger partial charge is 0.202 e. The first-order valence-electron chi connectivity index (χ1n) is 12.1. The molecule has 184 valence electrons. The molecular formula is C27H43N3O3. The van der Waals surface area contributed by atoms with Crippen molar-refractivity contribution in [3.8, 4) is 5.75 Å². The van der Waals surface area contributed by atoms with Gasteiger partial charge in [0.2, 0.25) is 5.62 Å². The Hall–Kier alpha value is -2.34. The van der Waals surface area contributed by atoms with E-state index in [1.54, 1.807) is 22.9 Å².